The van der Waals surface area contributed by atoms with Crippen LogP contribution in [-0.2, 0) is 4.79 Å². The van der Waals surface area contributed by atoms with Crippen LogP contribution >= 0.6 is 23.4 Å². The monoisotopic (exact) mass is 430 g/mol. The minimum Gasteiger partial charge on any atom is -0.328 e. The number of anilines is 1. The first-order chi connectivity index (χ1) is 13.9. The second-order valence-corrected chi connectivity index (χ2v) is 10.1. The van der Waals surface area contributed by atoms with E-state index >= 15 is 0 Å². The number of hydrogen-bond donors (Lipinski definition) is 1. The number of hydrogen-bond acceptors (Lipinski definition) is 5. The first-order valence-electron chi connectivity index (χ1n) is 10.3. The molecule has 1 aromatic carbocycles. The Balaban J connectivity index is 1.73. The van der Waals surface area contributed by atoms with Crippen molar-refractivity contribution in [1.29, 1.82) is 0 Å². The summed E-state index contributed by atoms with van der Waals surface area (Å²) in [6.45, 7) is 6.48. The lowest BCUT2D eigenvalue weighted by atomic mass is 9.73. The van der Waals surface area contributed by atoms with Crippen molar-refractivity contribution in [2.45, 2.75) is 64.1 Å². The third kappa shape index (κ3) is 4.24. The minimum atomic E-state index is -0.264. The van der Waals surface area contributed by atoms with Gasteiger partial charge >= 0.3 is 0 Å². The molecule has 7 heteroatoms. The lowest BCUT2D eigenvalue weighted by molar-refractivity contribution is -0.118. The molecule has 0 amide bonds. The summed E-state index contributed by atoms with van der Waals surface area (Å²) < 4.78 is 1.88. The van der Waals surface area contributed by atoms with Gasteiger partial charge in [0.25, 0.3) is 0 Å². The quantitative estimate of drug-likeness (QED) is 0.458. The number of unbranched alkanes of at least 4 members (excludes halogenated alkanes) is 2. The van der Waals surface area contributed by atoms with Crippen LogP contribution in [0.1, 0.15) is 64.5 Å². The number of nitrogens with one attached hydrogen (secondary N) is 1. The van der Waals surface area contributed by atoms with Crippen molar-refractivity contribution < 1.29 is 4.79 Å². The Morgan fingerprint density at radius 2 is 2.00 bits per heavy atom. The molecule has 1 unspecified atom stereocenters. The number of benzene rings is 1. The molecule has 29 heavy (non-hydrogen) atoms. The molecule has 2 heterocycles. The molecule has 4 rings (SSSR count). The van der Waals surface area contributed by atoms with E-state index in [1.807, 2.05) is 28.9 Å². The average Bonchev–Trinajstić information content (AvgIpc) is 3.06. The summed E-state index contributed by atoms with van der Waals surface area (Å²) >= 11 is 7.79. The maximum absolute atomic E-state index is 13.2. The molecule has 0 radical (unpaired) electrons. The molecule has 154 valence electrons. The van der Waals surface area contributed by atoms with Crippen LogP contribution in [0, 0.1) is 5.41 Å². The lowest BCUT2D eigenvalue weighted by Crippen LogP contribution is -2.36. The van der Waals surface area contributed by atoms with Gasteiger partial charge in [-0.15, -0.1) is 5.10 Å². The molecule has 1 aromatic heterocycles. The summed E-state index contributed by atoms with van der Waals surface area (Å²) in [7, 11) is 0. The predicted molar refractivity (Wildman–Crippen MR) is 119 cm³/mol. The van der Waals surface area contributed by atoms with Crippen molar-refractivity contribution in [1.82, 2.24) is 14.8 Å². The Hall–Kier alpha value is -1.79. The Bertz CT molecular complexity index is 948. The van der Waals surface area contributed by atoms with Gasteiger partial charge in [-0.25, -0.2) is 4.68 Å². The third-order valence-corrected chi connectivity index (χ3v) is 6.65. The van der Waals surface area contributed by atoms with Crippen LogP contribution in [0.25, 0.3) is 0 Å². The predicted octanol–water partition coefficient (Wildman–Crippen LogP) is 5.87. The minimum absolute atomic E-state index is 0.0621. The van der Waals surface area contributed by atoms with Gasteiger partial charge in [-0.1, -0.05) is 69.1 Å². The molecule has 1 aliphatic heterocycles. The summed E-state index contributed by atoms with van der Waals surface area (Å²) in [5.74, 6) is 1.90. The van der Waals surface area contributed by atoms with Gasteiger partial charge in [-0.05, 0) is 36.0 Å². The highest BCUT2D eigenvalue weighted by Crippen LogP contribution is 2.45. The van der Waals surface area contributed by atoms with Gasteiger partial charge in [0.2, 0.25) is 11.1 Å². The molecular weight excluding hydrogens is 404 g/mol. The number of fused-ring (bicyclic) bond motifs is 1. The smallest absolute Gasteiger partial charge is 0.227 e. The normalized spacial score (nSPS) is 20.3. The maximum Gasteiger partial charge on any atom is 0.227 e. The summed E-state index contributed by atoms with van der Waals surface area (Å²) in [6, 6.07) is 7.44. The molecule has 2 aromatic rings. The van der Waals surface area contributed by atoms with Gasteiger partial charge in [0, 0.05) is 28.5 Å². The van der Waals surface area contributed by atoms with E-state index in [2.05, 4.69) is 26.1 Å². The van der Waals surface area contributed by atoms with Gasteiger partial charge in [-0.2, -0.15) is 4.98 Å². The van der Waals surface area contributed by atoms with Crippen LogP contribution < -0.4 is 5.32 Å². The second kappa shape index (κ2) is 8.15. The molecule has 0 saturated carbocycles. The van der Waals surface area contributed by atoms with Crippen LogP contribution in [0.2, 0.25) is 5.02 Å². The van der Waals surface area contributed by atoms with E-state index in [1.54, 1.807) is 11.8 Å². The van der Waals surface area contributed by atoms with E-state index < -0.39 is 0 Å². The summed E-state index contributed by atoms with van der Waals surface area (Å²) in [4.78, 5) is 17.9. The molecule has 2 aliphatic rings. The maximum atomic E-state index is 13.2. The Kier molecular flexibility index (Phi) is 5.76. The Morgan fingerprint density at radius 3 is 2.72 bits per heavy atom. The molecule has 0 fully saturated rings. The number of thioether (sulfide) groups is 1. The first kappa shape index (κ1) is 20.5. The fourth-order valence-corrected chi connectivity index (χ4v) is 5.07. The van der Waals surface area contributed by atoms with E-state index in [0.29, 0.717) is 17.4 Å². The van der Waals surface area contributed by atoms with Gasteiger partial charge < -0.3 is 5.32 Å². The molecule has 5 nitrogen and oxygen atoms in total. The topological polar surface area (TPSA) is 59.8 Å². The molecular formula is C22H27ClN4OS. The zero-order valence-corrected chi connectivity index (χ0v) is 18.7. The van der Waals surface area contributed by atoms with Gasteiger partial charge in [-0.3, -0.25) is 4.79 Å². The van der Waals surface area contributed by atoms with Gasteiger partial charge in [0.1, 0.15) is 6.04 Å². The van der Waals surface area contributed by atoms with Crippen molar-refractivity contribution in [2.24, 2.45) is 5.41 Å². The highest BCUT2D eigenvalue weighted by molar-refractivity contribution is 7.99. The van der Waals surface area contributed by atoms with Crippen LogP contribution in [0.4, 0.5) is 5.95 Å². The zero-order valence-electron chi connectivity index (χ0n) is 17.2. The zero-order chi connectivity index (χ0) is 20.6. The van der Waals surface area contributed by atoms with Crippen LogP contribution in [0.3, 0.4) is 0 Å². The Morgan fingerprint density at radius 1 is 1.24 bits per heavy atom. The van der Waals surface area contributed by atoms with E-state index in [0.717, 1.165) is 40.6 Å². The number of ketones is 1. The number of aromatic nitrogens is 3. The van der Waals surface area contributed by atoms with Crippen molar-refractivity contribution in [3.05, 3.63) is 46.1 Å². The standard InChI is InChI=1S/C22H27ClN4OS/c1-4-5-6-11-29-21-25-20-24-16-12-22(2,3)13-17(28)18(16)19(27(20)26-21)14-7-9-15(23)10-8-14/h7-10,19H,4-6,11-13H2,1-3H3,(H,24,25,26). The second-order valence-electron chi connectivity index (χ2n) is 8.63. The van der Waals surface area contributed by atoms with Crippen molar-refractivity contribution in [3.8, 4) is 0 Å². The number of rotatable bonds is 6. The van der Waals surface area contributed by atoms with E-state index in [-0.39, 0.29) is 17.2 Å². The highest BCUT2D eigenvalue weighted by atomic mass is 35.5. The van der Waals surface area contributed by atoms with Crippen molar-refractivity contribution >= 4 is 35.1 Å². The molecule has 0 bridgehead atoms. The summed E-state index contributed by atoms with van der Waals surface area (Å²) in [5, 5.41) is 9.64. The van der Waals surface area contributed by atoms with Gasteiger partial charge in [0.15, 0.2) is 5.78 Å². The fraction of sp³-hybridized carbons (Fsp3) is 0.500. The molecule has 1 atom stereocenters. The largest absolute Gasteiger partial charge is 0.328 e. The van der Waals surface area contributed by atoms with Gasteiger partial charge in [0.05, 0.1) is 0 Å². The number of halogens is 1. The fourth-order valence-electron chi connectivity index (χ4n) is 4.12. The third-order valence-electron chi connectivity index (χ3n) is 5.48. The lowest BCUT2D eigenvalue weighted by Gasteiger charge is -2.38. The first-order valence-corrected chi connectivity index (χ1v) is 11.6. The van der Waals surface area contributed by atoms with E-state index in [9.17, 15) is 4.79 Å². The number of carbonyl (C=O) groups excluding carboxylic acids is 1. The average molecular weight is 431 g/mol. The molecule has 0 spiro atoms. The van der Waals surface area contributed by atoms with E-state index in [4.69, 9.17) is 21.7 Å². The highest BCUT2D eigenvalue weighted by Gasteiger charge is 2.41. The number of Topliss-reactive ketones (excluding diaryl/α,β-unsaturated/α-hetero) is 1. The van der Waals surface area contributed by atoms with Crippen LogP contribution in [-0.4, -0.2) is 26.3 Å². The molecule has 0 saturated heterocycles. The molecule has 1 aliphatic carbocycles. The SMILES string of the molecule is CCCCCSc1nc2n(n1)C(c1ccc(Cl)cc1)C1=C(CC(C)(C)CC1=O)N2. The number of allylic oxidation sites excluding steroid dienone is 2. The van der Waals surface area contributed by atoms with Crippen molar-refractivity contribution in [3.63, 3.8) is 0 Å². The molecule has 1 N–H and O–H groups in total. The summed E-state index contributed by atoms with van der Waals surface area (Å²) in [6.07, 6.45) is 4.93. The van der Waals surface area contributed by atoms with E-state index in [1.165, 1.54) is 12.8 Å². The van der Waals surface area contributed by atoms with Crippen LogP contribution in [0.5, 0.6) is 0 Å². The van der Waals surface area contributed by atoms with Crippen LogP contribution in [0.15, 0.2) is 40.7 Å². The van der Waals surface area contributed by atoms with Crippen molar-refractivity contribution in [2.75, 3.05) is 11.1 Å². The number of nitrogens with zero attached hydrogens (tertiary/aromatic N) is 3. The summed E-state index contributed by atoms with van der Waals surface area (Å²) in [5.41, 5.74) is 2.73. The Labute approximate surface area is 181 Å². The number of carbonyl (C=O) groups is 1.